The highest BCUT2D eigenvalue weighted by Crippen LogP contribution is 2.34. The molecule has 2 N–H and O–H groups in total. The molecule has 2 rings (SSSR count). The van der Waals surface area contributed by atoms with Gasteiger partial charge < -0.3 is 15.2 Å². The lowest BCUT2D eigenvalue weighted by molar-refractivity contribution is 0.191. The molecule has 2 aromatic carbocycles. The van der Waals surface area contributed by atoms with Gasteiger partial charge in [-0.1, -0.05) is 12.1 Å². The van der Waals surface area contributed by atoms with Crippen LogP contribution in [0.3, 0.4) is 0 Å². The van der Waals surface area contributed by atoms with Gasteiger partial charge >= 0.3 is 0 Å². The summed E-state index contributed by atoms with van der Waals surface area (Å²) in [5.74, 6) is 0.319. The predicted molar refractivity (Wildman–Crippen MR) is 88.2 cm³/mol. The van der Waals surface area contributed by atoms with E-state index < -0.39 is 6.10 Å². The van der Waals surface area contributed by atoms with Crippen molar-refractivity contribution < 1.29 is 14.2 Å². The van der Waals surface area contributed by atoms with Crippen LogP contribution in [0, 0.1) is 5.82 Å². The lowest BCUT2D eigenvalue weighted by Crippen LogP contribution is -2.12. The molecule has 0 heterocycles. The van der Waals surface area contributed by atoms with Crippen LogP contribution in [-0.4, -0.2) is 18.8 Å². The summed E-state index contributed by atoms with van der Waals surface area (Å²) in [5.41, 5.74) is 1.31. The third-order valence-corrected chi connectivity index (χ3v) is 4.24. The van der Waals surface area contributed by atoms with E-state index in [0.717, 1.165) is 14.6 Å². The molecule has 0 amide bonds. The Morgan fingerprint density at radius 2 is 2.00 bits per heavy atom. The number of aliphatic hydroxyl groups is 1. The molecule has 0 radical (unpaired) electrons. The summed E-state index contributed by atoms with van der Waals surface area (Å²) in [6.45, 7) is 0.257. The molecule has 112 valence electrons. The summed E-state index contributed by atoms with van der Waals surface area (Å²) in [5, 5.41) is 13.2. The van der Waals surface area contributed by atoms with E-state index >= 15 is 0 Å². The van der Waals surface area contributed by atoms with Crippen molar-refractivity contribution in [3.63, 3.8) is 0 Å². The SMILES string of the molecule is COc1cc(NCC(O)c2cccc(F)c2)c(Br)cc1Br. The van der Waals surface area contributed by atoms with Gasteiger partial charge in [-0.05, 0) is 55.6 Å². The topological polar surface area (TPSA) is 41.5 Å². The Hall–Kier alpha value is -1.11. The maximum Gasteiger partial charge on any atom is 0.135 e. The van der Waals surface area contributed by atoms with Crippen LogP contribution in [-0.2, 0) is 0 Å². The van der Waals surface area contributed by atoms with Gasteiger partial charge in [-0.15, -0.1) is 0 Å². The van der Waals surface area contributed by atoms with Gasteiger partial charge in [0.15, 0.2) is 0 Å². The van der Waals surface area contributed by atoms with E-state index in [4.69, 9.17) is 4.74 Å². The molecule has 1 unspecified atom stereocenters. The third-order valence-electron chi connectivity index (χ3n) is 2.96. The lowest BCUT2D eigenvalue weighted by Gasteiger charge is -2.15. The number of hydrogen-bond donors (Lipinski definition) is 2. The first-order valence-electron chi connectivity index (χ1n) is 6.21. The summed E-state index contributed by atoms with van der Waals surface area (Å²) in [6.07, 6.45) is -0.803. The van der Waals surface area contributed by atoms with Crippen LogP contribution in [0.25, 0.3) is 0 Å². The van der Waals surface area contributed by atoms with Gasteiger partial charge in [0.05, 0.1) is 23.4 Å². The molecule has 0 spiro atoms. The standard InChI is InChI=1S/C15H14Br2FNO2/c1-21-15-7-13(11(16)6-12(15)17)19-8-14(20)9-3-2-4-10(18)5-9/h2-7,14,19-20H,8H2,1H3. The molecule has 0 saturated heterocycles. The molecule has 0 bridgehead atoms. The zero-order valence-electron chi connectivity index (χ0n) is 11.2. The van der Waals surface area contributed by atoms with E-state index in [-0.39, 0.29) is 12.4 Å². The van der Waals surface area contributed by atoms with E-state index in [1.165, 1.54) is 12.1 Å². The molecule has 0 fully saturated rings. The van der Waals surface area contributed by atoms with E-state index in [0.29, 0.717) is 11.3 Å². The molecular weight excluding hydrogens is 405 g/mol. The number of aliphatic hydroxyl groups excluding tert-OH is 1. The van der Waals surface area contributed by atoms with Crippen LogP contribution in [0.1, 0.15) is 11.7 Å². The van der Waals surface area contributed by atoms with Gasteiger partial charge in [0, 0.05) is 17.1 Å². The van der Waals surface area contributed by atoms with E-state index in [1.54, 1.807) is 19.2 Å². The molecule has 3 nitrogen and oxygen atoms in total. The fourth-order valence-corrected chi connectivity index (χ4v) is 3.16. The van der Waals surface area contributed by atoms with Gasteiger partial charge in [-0.2, -0.15) is 0 Å². The van der Waals surface area contributed by atoms with Crippen molar-refractivity contribution in [2.24, 2.45) is 0 Å². The maximum atomic E-state index is 13.1. The summed E-state index contributed by atoms with van der Waals surface area (Å²) in [4.78, 5) is 0. The van der Waals surface area contributed by atoms with Gasteiger partial charge in [0.25, 0.3) is 0 Å². The molecule has 0 saturated carbocycles. The number of hydrogen-bond acceptors (Lipinski definition) is 3. The molecule has 1 atom stereocenters. The average molecular weight is 419 g/mol. The number of anilines is 1. The van der Waals surface area contributed by atoms with Crippen molar-refractivity contribution in [2.45, 2.75) is 6.10 Å². The monoisotopic (exact) mass is 417 g/mol. The van der Waals surface area contributed by atoms with Crippen molar-refractivity contribution in [3.8, 4) is 5.75 Å². The summed E-state index contributed by atoms with van der Waals surface area (Å²) in [7, 11) is 1.58. The zero-order chi connectivity index (χ0) is 15.4. The Labute approximate surface area is 139 Å². The minimum Gasteiger partial charge on any atom is -0.495 e. The van der Waals surface area contributed by atoms with E-state index in [9.17, 15) is 9.50 Å². The fraction of sp³-hybridized carbons (Fsp3) is 0.200. The number of nitrogens with one attached hydrogen (secondary N) is 1. The first kappa shape index (κ1) is 16.3. The number of rotatable bonds is 5. The minimum atomic E-state index is -0.803. The van der Waals surface area contributed by atoms with Crippen LogP contribution < -0.4 is 10.1 Å². The van der Waals surface area contributed by atoms with Crippen LogP contribution in [0.15, 0.2) is 45.3 Å². The van der Waals surface area contributed by atoms with Gasteiger partial charge in [0.1, 0.15) is 11.6 Å². The highest BCUT2D eigenvalue weighted by Gasteiger charge is 2.11. The molecule has 0 aliphatic heterocycles. The fourth-order valence-electron chi connectivity index (χ4n) is 1.86. The highest BCUT2D eigenvalue weighted by atomic mass is 79.9. The first-order valence-corrected chi connectivity index (χ1v) is 7.80. The smallest absolute Gasteiger partial charge is 0.135 e. The molecular formula is C15H14Br2FNO2. The summed E-state index contributed by atoms with van der Waals surface area (Å²) < 4.78 is 20.0. The predicted octanol–water partition coefficient (Wildman–Crippen LogP) is 4.50. The largest absolute Gasteiger partial charge is 0.495 e. The van der Waals surface area contributed by atoms with Crippen molar-refractivity contribution in [1.82, 2.24) is 0 Å². The van der Waals surface area contributed by atoms with Gasteiger partial charge in [0.2, 0.25) is 0 Å². The summed E-state index contributed by atoms with van der Waals surface area (Å²) in [6, 6.07) is 9.60. The second-order valence-electron chi connectivity index (χ2n) is 4.42. The number of ether oxygens (including phenoxy) is 1. The molecule has 2 aromatic rings. The molecule has 0 aliphatic rings. The third kappa shape index (κ3) is 4.18. The Balaban J connectivity index is 2.09. The first-order chi connectivity index (χ1) is 10.0. The number of methoxy groups -OCH3 is 1. The highest BCUT2D eigenvalue weighted by molar-refractivity contribution is 9.11. The van der Waals surface area contributed by atoms with Gasteiger partial charge in [-0.25, -0.2) is 4.39 Å². The number of halogens is 3. The van der Waals surface area contributed by atoms with Crippen LogP contribution in [0.4, 0.5) is 10.1 Å². The average Bonchev–Trinajstić information content (AvgIpc) is 2.46. The van der Waals surface area contributed by atoms with Crippen LogP contribution in [0.5, 0.6) is 5.75 Å². The Morgan fingerprint density at radius 1 is 1.24 bits per heavy atom. The normalized spacial score (nSPS) is 12.0. The zero-order valence-corrected chi connectivity index (χ0v) is 14.4. The maximum absolute atomic E-state index is 13.1. The number of benzene rings is 2. The van der Waals surface area contributed by atoms with Crippen LogP contribution >= 0.6 is 31.9 Å². The van der Waals surface area contributed by atoms with Gasteiger partial charge in [-0.3, -0.25) is 0 Å². The van der Waals surface area contributed by atoms with Crippen molar-refractivity contribution in [1.29, 1.82) is 0 Å². The molecule has 0 aromatic heterocycles. The lowest BCUT2D eigenvalue weighted by atomic mass is 10.1. The van der Waals surface area contributed by atoms with Crippen LogP contribution in [0.2, 0.25) is 0 Å². The Kier molecular flexibility index (Phi) is 5.61. The van der Waals surface area contributed by atoms with Crippen molar-refractivity contribution in [3.05, 3.63) is 56.7 Å². The second kappa shape index (κ2) is 7.24. The Bertz CT molecular complexity index is 637. The van der Waals surface area contributed by atoms with Crippen molar-refractivity contribution >= 4 is 37.5 Å². The second-order valence-corrected chi connectivity index (χ2v) is 6.13. The van der Waals surface area contributed by atoms with Crippen molar-refractivity contribution in [2.75, 3.05) is 19.0 Å². The van der Waals surface area contributed by atoms with E-state index in [2.05, 4.69) is 37.2 Å². The Morgan fingerprint density at radius 3 is 2.67 bits per heavy atom. The molecule has 0 aliphatic carbocycles. The quantitative estimate of drug-likeness (QED) is 0.750. The minimum absolute atomic E-state index is 0.257. The molecule has 6 heteroatoms. The van der Waals surface area contributed by atoms with E-state index in [1.807, 2.05) is 12.1 Å². The molecule has 21 heavy (non-hydrogen) atoms. The summed E-state index contributed by atoms with van der Waals surface area (Å²) >= 11 is 6.83.